The van der Waals surface area contributed by atoms with Gasteiger partial charge in [0.15, 0.2) is 0 Å². The van der Waals surface area contributed by atoms with Crippen molar-refractivity contribution in [3.8, 4) is 0 Å². The van der Waals surface area contributed by atoms with E-state index < -0.39 is 15.9 Å². The normalized spacial score (nSPS) is 11.2. The van der Waals surface area contributed by atoms with Crippen molar-refractivity contribution in [3.05, 3.63) is 0 Å². The Morgan fingerprint density at radius 1 is 1.56 bits per heavy atom. The first kappa shape index (κ1) is 12.8. The lowest BCUT2D eigenvalue weighted by Crippen LogP contribution is -2.43. The third kappa shape index (κ3) is 2.46. The summed E-state index contributed by atoms with van der Waals surface area (Å²) in [6, 6.07) is -0.600. The molecule has 1 aromatic heterocycles. The molecule has 0 saturated heterocycles. The maximum Gasteiger partial charge on any atom is 0.338 e. The number of hydrogen-bond donors (Lipinski definition) is 2. The lowest BCUT2D eigenvalue weighted by atomic mass is 10.9. The summed E-state index contributed by atoms with van der Waals surface area (Å²) in [4.78, 5) is 11.1. The van der Waals surface area contributed by atoms with Crippen LogP contribution in [0.15, 0.2) is 4.34 Å². The molecule has 1 rings (SSSR count). The average molecular weight is 265 g/mol. The molecule has 0 atom stereocenters. The van der Waals surface area contributed by atoms with Crippen molar-refractivity contribution < 1.29 is 13.2 Å². The smallest absolute Gasteiger partial charge is 0.338 e. The number of nitrogens with one attached hydrogen (secondary N) is 1. The van der Waals surface area contributed by atoms with Gasteiger partial charge in [-0.1, -0.05) is 18.3 Å². The number of urea groups is 1. The van der Waals surface area contributed by atoms with Crippen LogP contribution in [0.5, 0.6) is 0 Å². The van der Waals surface area contributed by atoms with Crippen LogP contribution in [-0.2, 0) is 9.84 Å². The van der Waals surface area contributed by atoms with Gasteiger partial charge < -0.3 is 5.32 Å². The second-order valence-corrected chi connectivity index (χ2v) is 6.09. The molecular formula is C6H11N5O3S2. The van der Waals surface area contributed by atoms with E-state index in [-0.39, 0.29) is 15.2 Å². The molecular weight excluding hydrogens is 254 g/mol. The Balaban J connectivity index is 3.00. The monoisotopic (exact) mass is 265 g/mol. The van der Waals surface area contributed by atoms with Crippen molar-refractivity contribution in [2.24, 2.45) is 5.84 Å². The molecule has 10 heteroatoms. The third-order valence-corrected chi connectivity index (χ3v) is 4.78. The Morgan fingerprint density at radius 3 is 2.69 bits per heavy atom. The Hall–Kier alpha value is -1.26. The molecule has 0 radical (unpaired) electrons. The van der Waals surface area contributed by atoms with Gasteiger partial charge in [-0.2, -0.15) is 0 Å². The first-order chi connectivity index (χ1) is 7.42. The number of carbonyl (C=O) groups is 1. The van der Waals surface area contributed by atoms with E-state index in [1.54, 1.807) is 0 Å². The first-order valence-electron chi connectivity index (χ1n) is 4.25. The summed E-state index contributed by atoms with van der Waals surface area (Å²) < 4.78 is 22.7. The minimum atomic E-state index is -3.41. The van der Waals surface area contributed by atoms with Crippen molar-refractivity contribution in [1.82, 2.24) is 15.5 Å². The van der Waals surface area contributed by atoms with E-state index in [9.17, 15) is 13.2 Å². The number of aromatic nitrogens is 2. The van der Waals surface area contributed by atoms with E-state index in [1.807, 2.05) is 0 Å². The molecule has 0 fully saturated rings. The summed E-state index contributed by atoms with van der Waals surface area (Å²) in [5.74, 6) is 5.30. The molecule has 0 unspecified atom stereocenters. The fraction of sp³-hybridized carbons (Fsp3) is 0.500. The van der Waals surface area contributed by atoms with E-state index in [0.717, 1.165) is 11.3 Å². The number of nitrogens with two attached hydrogens (primary N) is 1. The Kier molecular flexibility index (Phi) is 3.78. The van der Waals surface area contributed by atoms with E-state index in [0.29, 0.717) is 5.01 Å². The van der Waals surface area contributed by atoms with Crippen LogP contribution >= 0.6 is 11.3 Å². The molecule has 16 heavy (non-hydrogen) atoms. The van der Waals surface area contributed by atoms with Gasteiger partial charge in [0.1, 0.15) is 0 Å². The second kappa shape index (κ2) is 4.72. The minimum absolute atomic E-state index is 0.0198. The number of carbonyl (C=O) groups excluding carboxylic acids is 1. The van der Waals surface area contributed by atoms with Crippen molar-refractivity contribution in [1.29, 1.82) is 0 Å². The fourth-order valence-corrected chi connectivity index (χ4v) is 2.75. The number of hydrazine groups is 1. The largest absolute Gasteiger partial charge is 0.340 e. The van der Waals surface area contributed by atoms with Crippen LogP contribution in [0.1, 0.15) is 6.92 Å². The van der Waals surface area contributed by atoms with Gasteiger partial charge in [-0.05, 0) is 0 Å². The van der Waals surface area contributed by atoms with Crippen molar-refractivity contribution in [3.63, 3.8) is 0 Å². The van der Waals surface area contributed by atoms with Crippen LogP contribution in [0, 0.1) is 0 Å². The molecule has 3 N–H and O–H groups in total. The summed E-state index contributed by atoms with van der Waals surface area (Å²) >= 11 is 0.746. The highest BCUT2D eigenvalue weighted by molar-refractivity contribution is 7.93. The second-order valence-electron chi connectivity index (χ2n) is 2.68. The number of nitrogens with zero attached hydrogens (tertiary/aromatic N) is 3. The van der Waals surface area contributed by atoms with E-state index in [2.05, 4.69) is 15.5 Å². The average Bonchev–Trinajstić information content (AvgIpc) is 2.76. The zero-order valence-corrected chi connectivity index (χ0v) is 10.3. The quantitative estimate of drug-likeness (QED) is 0.324. The molecule has 0 aromatic carbocycles. The molecule has 2 amide bonds. The van der Waals surface area contributed by atoms with Crippen molar-refractivity contribution in [2.75, 3.05) is 17.8 Å². The van der Waals surface area contributed by atoms with Gasteiger partial charge in [0.25, 0.3) is 0 Å². The van der Waals surface area contributed by atoms with Crippen LogP contribution in [0.3, 0.4) is 0 Å². The molecule has 0 aliphatic carbocycles. The molecule has 0 aliphatic rings. The van der Waals surface area contributed by atoms with Crippen LogP contribution in [0.4, 0.5) is 9.93 Å². The zero-order valence-electron chi connectivity index (χ0n) is 8.67. The predicted octanol–water partition coefficient (Wildman–Crippen LogP) is -0.649. The standard InChI is InChI=1S/C6H11N5O3S2/c1-3-16(13,14)6-10-9-5(15-6)11(7)4(12)8-2/h3,7H2,1-2H3,(H,8,12). The predicted molar refractivity (Wildman–Crippen MR) is 58.8 cm³/mol. The molecule has 0 saturated carbocycles. The number of hydrogen-bond acceptors (Lipinski definition) is 7. The number of anilines is 1. The maximum atomic E-state index is 11.4. The van der Waals surface area contributed by atoms with Crippen LogP contribution in [-0.4, -0.2) is 37.4 Å². The van der Waals surface area contributed by atoms with Gasteiger partial charge in [0.05, 0.1) is 5.75 Å². The SMILES string of the molecule is CCS(=O)(=O)c1nnc(N(N)C(=O)NC)s1. The molecule has 8 nitrogen and oxygen atoms in total. The van der Waals surface area contributed by atoms with Gasteiger partial charge in [-0.25, -0.2) is 24.1 Å². The number of amides is 2. The molecule has 1 heterocycles. The van der Waals surface area contributed by atoms with Crippen molar-refractivity contribution >= 4 is 32.3 Å². The van der Waals surface area contributed by atoms with E-state index in [1.165, 1.54) is 14.0 Å². The molecule has 0 spiro atoms. The van der Waals surface area contributed by atoms with Gasteiger partial charge in [-0.3, -0.25) is 0 Å². The molecule has 1 aromatic rings. The maximum absolute atomic E-state index is 11.4. The highest BCUT2D eigenvalue weighted by atomic mass is 32.2. The van der Waals surface area contributed by atoms with E-state index in [4.69, 9.17) is 5.84 Å². The lowest BCUT2D eigenvalue weighted by Gasteiger charge is -2.10. The Bertz CT molecular complexity index is 482. The molecule has 0 aliphatic heterocycles. The summed E-state index contributed by atoms with van der Waals surface area (Å²) in [6.07, 6.45) is 0. The van der Waals surface area contributed by atoms with E-state index >= 15 is 0 Å². The summed E-state index contributed by atoms with van der Waals surface area (Å²) in [7, 11) is -2.02. The summed E-state index contributed by atoms with van der Waals surface area (Å²) in [5.41, 5.74) is 0. The highest BCUT2D eigenvalue weighted by Crippen LogP contribution is 2.22. The lowest BCUT2D eigenvalue weighted by molar-refractivity contribution is 0.248. The fourth-order valence-electron chi connectivity index (χ4n) is 0.756. The van der Waals surface area contributed by atoms with Gasteiger partial charge >= 0.3 is 6.03 Å². The van der Waals surface area contributed by atoms with Crippen LogP contribution in [0.2, 0.25) is 0 Å². The van der Waals surface area contributed by atoms with Crippen LogP contribution in [0.25, 0.3) is 0 Å². The summed E-state index contributed by atoms with van der Waals surface area (Å²) in [5, 5.41) is 10.0. The molecule has 0 bridgehead atoms. The van der Waals surface area contributed by atoms with Crippen molar-refractivity contribution in [2.45, 2.75) is 11.3 Å². The van der Waals surface area contributed by atoms with Gasteiger partial charge in [0.2, 0.25) is 19.3 Å². The Morgan fingerprint density at radius 2 is 2.19 bits per heavy atom. The third-order valence-electron chi connectivity index (χ3n) is 1.68. The number of sulfone groups is 1. The highest BCUT2D eigenvalue weighted by Gasteiger charge is 2.21. The van der Waals surface area contributed by atoms with Gasteiger partial charge in [0, 0.05) is 7.05 Å². The van der Waals surface area contributed by atoms with Gasteiger partial charge in [-0.15, -0.1) is 10.2 Å². The topological polar surface area (TPSA) is 118 Å². The van der Waals surface area contributed by atoms with Crippen LogP contribution < -0.4 is 16.2 Å². The first-order valence-corrected chi connectivity index (χ1v) is 6.72. The minimum Gasteiger partial charge on any atom is -0.340 e. The molecule has 90 valence electrons. The summed E-state index contributed by atoms with van der Waals surface area (Å²) in [6.45, 7) is 1.50. The Labute approximate surface area is 96.3 Å². The number of rotatable bonds is 3. The zero-order chi connectivity index (χ0) is 12.3.